The Labute approximate surface area is 530 Å². The molecule has 20 nitrogen and oxygen atoms in total. The molecule has 8 bridgehead atoms. The Morgan fingerprint density at radius 1 is 0.247 bits per heavy atom. The zero-order valence-electron chi connectivity index (χ0n) is 50.0. The summed E-state index contributed by atoms with van der Waals surface area (Å²) in [7, 11) is 0. The number of aliphatic hydroxyl groups excluding tert-OH is 4. The molecule has 2 aliphatic heterocycles. The van der Waals surface area contributed by atoms with Crippen LogP contribution in [0.15, 0.2) is 121 Å². The quantitative estimate of drug-likeness (QED) is 0.0209. The van der Waals surface area contributed by atoms with Gasteiger partial charge in [0.05, 0.1) is 155 Å². The Morgan fingerprint density at radius 2 is 0.438 bits per heavy atom. The summed E-state index contributed by atoms with van der Waals surface area (Å²) in [6.45, 7) is 6.85. The summed E-state index contributed by atoms with van der Waals surface area (Å²) in [4.78, 5) is 21.8. The topological polar surface area (TPSA) is 246 Å². The van der Waals surface area contributed by atoms with Crippen molar-refractivity contribution in [1.82, 2.24) is 19.9 Å². The minimum absolute atomic E-state index is 0. The smallest absolute Gasteiger partial charge is 0.657 e. The molecule has 0 saturated carbocycles. The number of rotatable bonds is 40. The van der Waals surface area contributed by atoms with Crippen molar-refractivity contribution in [2.45, 2.75) is 0 Å². The molecular formula is C68H76N4O16Zn. The van der Waals surface area contributed by atoms with Gasteiger partial charge in [-0.05, 0) is 117 Å². The first kappa shape index (κ1) is 67.7. The van der Waals surface area contributed by atoms with Gasteiger partial charge in [0.2, 0.25) is 0 Å². The zero-order chi connectivity index (χ0) is 60.8. The van der Waals surface area contributed by atoms with Gasteiger partial charge in [0, 0.05) is 0 Å². The van der Waals surface area contributed by atoms with Crippen LogP contribution in [-0.4, -0.2) is 189 Å². The number of aliphatic hydroxyl groups is 4. The van der Waals surface area contributed by atoms with E-state index in [1.165, 1.54) is 0 Å². The molecule has 2 aliphatic rings. The summed E-state index contributed by atoms with van der Waals surface area (Å²) in [6, 6.07) is 39.6. The van der Waals surface area contributed by atoms with Crippen LogP contribution < -0.4 is 28.9 Å². The molecule has 0 saturated heterocycles. The van der Waals surface area contributed by atoms with Crippen LogP contribution in [0.3, 0.4) is 0 Å². The van der Waals surface area contributed by atoms with Crippen molar-refractivity contribution in [1.29, 1.82) is 0 Å². The first-order valence-corrected chi connectivity index (χ1v) is 29.6. The minimum Gasteiger partial charge on any atom is -0.657 e. The molecule has 0 fully saturated rings. The van der Waals surface area contributed by atoms with Crippen LogP contribution in [0.5, 0.6) is 23.0 Å². The van der Waals surface area contributed by atoms with Crippen LogP contribution >= 0.6 is 0 Å². The van der Waals surface area contributed by atoms with Crippen molar-refractivity contribution in [2.75, 3.05) is 159 Å². The molecule has 4 aromatic carbocycles. The van der Waals surface area contributed by atoms with E-state index in [9.17, 15) is 0 Å². The SMILES string of the molecule is OCCOCCOCCOc1ccc(-c2c3nc(c(-c4ccc(OCCOCCOCCO)cc4)c4ccc([n-]4)c(-c4ccc(OCCOCCOCCO)cc4)c4nc(c(-c5ccc(OCCOCCOCCO)cc5)c5ccc2[n-]5)C=C4)C=C3)cc1.[Zn+2]. The van der Waals surface area contributed by atoms with E-state index < -0.39 is 0 Å². The van der Waals surface area contributed by atoms with E-state index in [-0.39, 0.29) is 72.3 Å². The third-order valence-corrected chi connectivity index (χ3v) is 13.6. The van der Waals surface area contributed by atoms with E-state index in [2.05, 4.69) is 0 Å². The second-order valence-electron chi connectivity index (χ2n) is 19.6. The van der Waals surface area contributed by atoms with Crippen molar-refractivity contribution in [3.05, 3.63) is 144 Å². The molecule has 4 N–H and O–H groups in total. The van der Waals surface area contributed by atoms with Crippen LogP contribution in [0.25, 0.3) is 90.9 Å². The van der Waals surface area contributed by atoms with Crippen molar-refractivity contribution in [2.24, 2.45) is 0 Å². The van der Waals surface area contributed by atoms with Crippen LogP contribution in [-0.2, 0) is 57.4 Å². The van der Waals surface area contributed by atoms with Gasteiger partial charge in [0.15, 0.2) is 0 Å². The molecule has 0 radical (unpaired) electrons. The standard InChI is InChI=1S/C68H76N4O16.Zn/c73-25-29-77-33-37-81-41-45-85-53-9-1-49(2-10-53)65-57-17-19-59(69-57)66(50-3-11-54(12-4-50)86-46-42-82-38-34-78-30-26-74)61-21-23-63(71-61)68(52-7-15-56(16-8-52)88-48-44-84-40-36-80-32-28-76)64-24-22-62(72-64)67(60-20-18-58(65)70-60)51-5-13-55(14-6-51)87-47-43-83-39-35-79-31-27-75;/h1-24,73-76H,25-48H2;/q-2;+2. The fourth-order valence-electron chi connectivity index (χ4n) is 9.56. The van der Waals surface area contributed by atoms with Crippen LogP contribution in [0.4, 0.5) is 0 Å². The maximum absolute atomic E-state index is 8.99. The molecule has 0 atom stereocenters. The number of hydrogen-bond donors (Lipinski definition) is 4. The van der Waals surface area contributed by atoms with E-state index >= 15 is 0 Å². The minimum atomic E-state index is -0.0356. The van der Waals surface area contributed by atoms with Crippen molar-refractivity contribution in [3.63, 3.8) is 0 Å². The molecule has 3 aromatic heterocycles. The number of benzene rings is 4. The summed E-state index contributed by atoms with van der Waals surface area (Å²) >= 11 is 0. The number of hydrogen-bond acceptors (Lipinski definition) is 18. The second-order valence-corrected chi connectivity index (χ2v) is 19.6. The van der Waals surface area contributed by atoms with Gasteiger partial charge in [-0.2, -0.15) is 0 Å². The Hall–Kier alpha value is -7.18. The molecule has 7 aromatic rings. The van der Waals surface area contributed by atoms with E-state index in [0.29, 0.717) is 174 Å². The number of aromatic nitrogens is 4. The molecule has 89 heavy (non-hydrogen) atoms. The molecule has 9 rings (SSSR count). The summed E-state index contributed by atoms with van der Waals surface area (Å²) in [5.41, 5.74) is 12.2. The van der Waals surface area contributed by atoms with Crippen LogP contribution in [0.2, 0.25) is 0 Å². The van der Waals surface area contributed by atoms with Gasteiger partial charge >= 0.3 is 19.5 Å². The Bertz CT molecular complexity index is 3000. The summed E-state index contributed by atoms with van der Waals surface area (Å²) in [5.74, 6) is 2.67. The van der Waals surface area contributed by atoms with E-state index in [4.69, 9.17) is 97.2 Å². The molecule has 21 heteroatoms. The van der Waals surface area contributed by atoms with Gasteiger partial charge in [-0.1, -0.05) is 72.8 Å². The summed E-state index contributed by atoms with van der Waals surface area (Å²) in [6.07, 6.45) is 8.07. The first-order chi connectivity index (χ1) is 43.5. The van der Waals surface area contributed by atoms with Crippen LogP contribution in [0.1, 0.15) is 22.8 Å². The molecule has 0 aliphatic carbocycles. The molecule has 0 spiro atoms. The largest absolute Gasteiger partial charge is 2.00 e. The fraction of sp³-hybridized carbons (Fsp3) is 0.353. The monoisotopic (exact) mass is 1270 g/mol. The van der Waals surface area contributed by atoms with E-state index in [1.54, 1.807) is 0 Å². The second kappa shape index (κ2) is 37.7. The Morgan fingerprint density at radius 3 is 0.640 bits per heavy atom. The van der Waals surface area contributed by atoms with Gasteiger partial charge in [-0.3, -0.25) is 0 Å². The van der Waals surface area contributed by atoms with Crippen LogP contribution in [0, 0.1) is 0 Å². The van der Waals surface area contributed by atoms with Gasteiger partial charge in [0.1, 0.15) is 49.4 Å². The van der Waals surface area contributed by atoms with E-state index in [1.807, 2.05) is 146 Å². The third-order valence-electron chi connectivity index (χ3n) is 13.6. The maximum Gasteiger partial charge on any atom is 2.00 e. The average Bonchev–Trinajstić information content (AvgIpc) is 1.76. The van der Waals surface area contributed by atoms with Gasteiger partial charge in [-0.15, -0.1) is 22.1 Å². The van der Waals surface area contributed by atoms with E-state index in [0.717, 1.165) is 44.5 Å². The molecule has 0 amide bonds. The fourth-order valence-corrected chi connectivity index (χ4v) is 9.56. The number of fused-ring (bicyclic) bond motifs is 8. The third kappa shape index (κ3) is 20.4. The zero-order valence-corrected chi connectivity index (χ0v) is 53.0. The van der Waals surface area contributed by atoms with Gasteiger partial charge in [-0.25, -0.2) is 9.97 Å². The maximum atomic E-state index is 8.99. The van der Waals surface area contributed by atoms with Gasteiger partial charge < -0.3 is 87.2 Å². The van der Waals surface area contributed by atoms with Crippen molar-refractivity contribution in [3.8, 4) is 67.5 Å². The molecular weight excluding hydrogens is 1190 g/mol. The summed E-state index contributed by atoms with van der Waals surface area (Å²) in [5, 5.41) is 36.0. The number of nitrogens with zero attached hydrogens (tertiary/aromatic N) is 4. The van der Waals surface area contributed by atoms with Crippen molar-refractivity contribution >= 4 is 46.4 Å². The van der Waals surface area contributed by atoms with Gasteiger partial charge in [0.25, 0.3) is 0 Å². The molecule has 5 heterocycles. The average molecular weight is 1270 g/mol. The Balaban J connectivity index is 0.0000102. The molecule has 0 unspecified atom stereocenters. The van der Waals surface area contributed by atoms with Crippen molar-refractivity contribution < 1.29 is 96.7 Å². The molecule has 466 valence electrons. The normalized spacial score (nSPS) is 11.7. The predicted octanol–water partition coefficient (Wildman–Crippen LogP) is 8.20. The first-order valence-electron chi connectivity index (χ1n) is 29.6. The predicted molar refractivity (Wildman–Crippen MR) is 335 cm³/mol. The summed E-state index contributed by atoms with van der Waals surface area (Å²) < 4.78 is 68.3. The Kier molecular flexibility index (Phi) is 28.7. The number of ether oxygens (including phenoxy) is 12.